The maximum Gasteiger partial charge on any atom is 0.326 e. The van der Waals surface area contributed by atoms with E-state index in [9.17, 15) is 19.2 Å². The lowest BCUT2D eigenvalue weighted by molar-refractivity contribution is -0.147. The van der Waals surface area contributed by atoms with Crippen LogP contribution in [0.15, 0.2) is 48.5 Å². The van der Waals surface area contributed by atoms with Crippen LogP contribution in [0.3, 0.4) is 0 Å². The van der Waals surface area contributed by atoms with E-state index in [4.69, 9.17) is 9.47 Å². The number of benzene rings is 2. The lowest BCUT2D eigenvalue weighted by Gasteiger charge is -2.21. The molecule has 2 rings (SSSR count). The van der Waals surface area contributed by atoms with Gasteiger partial charge in [-0.2, -0.15) is 0 Å². The molecule has 0 saturated carbocycles. The summed E-state index contributed by atoms with van der Waals surface area (Å²) in [6.07, 6.45) is 0. The third-order valence-electron chi connectivity index (χ3n) is 4.48. The highest BCUT2D eigenvalue weighted by Gasteiger charge is 2.21. The maximum absolute atomic E-state index is 12.6. The molecule has 0 spiro atoms. The number of para-hydroxylation sites is 1. The van der Waals surface area contributed by atoms with Crippen LogP contribution < -0.4 is 10.2 Å². The summed E-state index contributed by atoms with van der Waals surface area (Å²) in [4.78, 5) is 49.8. The van der Waals surface area contributed by atoms with E-state index in [0.29, 0.717) is 11.3 Å². The SMILES string of the molecule is CCOC(=O)CN(C(=O)COC(=O)CNC(=O)c1ccc(C)c(C)c1)c1ccccc1. The summed E-state index contributed by atoms with van der Waals surface area (Å²) in [5.74, 6) is -2.35. The molecule has 0 heterocycles. The van der Waals surface area contributed by atoms with Crippen molar-refractivity contribution in [2.45, 2.75) is 20.8 Å². The van der Waals surface area contributed by atoms with Crippen molar-refractivity contribution >= 4 is 29.4 Å². The van der Waals surface area contributed by atoms with Gasteiger partial charge in [-0.25, -0.2) is 0 Å². The maximum atomic E-state index is 12.6. The van der Waals surface area contributed by atoms with Gasteiger partial charge in [0.1, 0.15) is 13.1 Å². The van der Waals surface area contributed by atoms with Crippen LogP contribution in [0.1, 0.15) is 28.4 Å². The first-order valence-corrected chi connectivity index (χ1v) is 9.84. The van der Waals surface area contributed by atoms with E-state index in [1.807, 2.05) is 19.9 Å². The first-order valence-electron chi connectivity index (χ1n) is 9.84. The Morgan fingerprint density at radius 1 is 0.903 bits per heavy atom. The molecule has 31 heavy (non-hydrogen) atoms. The van der Waals surface area contributed by atoms with Gasteiger partial charge in [0.2, 0.25) is 0 Å². The summed E-state index contributed by atoms with van der Waals surface area (Å²) in [5, 5.41) is 2.47. The number of ether oxygens (including phenoxy) is 2. The van der Waals surface area contributed by atoms with Crippen molar-refractivity contribution in [3.63, 3.8) is 0 Å². The van der Waals surface area contributed by atoms with Gasteiger partial charge in [0, 0.05) is 11.3 Å². The number of hydrogen-bond acceptors (Lipinski definition) is 6. The van der Waals surface area contributed by atoms with Crippen LogP contribution in [0, 0.1) is 13.8 Å². The number of carbonyl (C=O) groups excluding carboxylic acids is 4. The largest absolute Gasteiger partial charge is 0.465 e. The molecule has 0 atom stereocenters. The first-order chi connectivity index (χ1) is 14.8. The summed E-state index contributed by atoms with van der Waals surface area (Å²) in [6, 6.07) is 13.7. The van der Waals surface area contributed by atoms with E-state index in [2.05, 4.69) is 5.32 Å². The highest BCUT2D eigenvalue weighted by Crippen LogP contribution is 2.14. The third-order valence-corrected chi connectivity index (χ3v) is 4.48. The Labute approximate surface area is 181 Å². The van der Waals surface area contributed by atoms with E-state index in [1.54, 1.807) is 49.4 Å². The van der Waals surface area contributed by atoms with Crippen LogP contribution in [0.2, 0.25) is 0 Å². The van der Waals surface area contributed by atoms with Crippen LogP contribution in [-0.4, -0.2) is 50.1 Å². The molecular formula is C23H26N2O6. The molecule has 2 aromatic carbocycles. The summed E-state index contributed by atoms with van der Waals surface area (Å²) in [7, 11) is 0. The monoisotopic (exact) mass is 426 g/mol. The zero-order valence-corrected chi connectivity index (χ0v) is 17.8. The minimum Gasteiger partial charge on any atom is -0.465 e. The lowest BCUT2D eigenvalue weighted by Crippen LogP contribution is -2.40. The summed E-state index contributed by atoms with van der Waals surface area (Å²) >= 11 is 0. The topological polar surface area (TPSA) is 102 Å². The van der Waals surface area contributed by atoms with Gasteiger partial charge in [-0.1, -0.05) is 24.3 Å². The predicted molar refractivity (Wildman–Crippen MR) is 115 cm³/mol. The Morgan fingerprint density at radius 2 is 1.61 bits per heavy atom. The molecule has 0 aromatic heterocycles. The molecule has 8 nitrogen and oxygen atoms in total. The van der Waals surface area contributed by atoms with Crippen molar-refractivity contribution in [2.24, 2.45) is 0 Å². The van der Waals surface area contributed by atoms with Crippen molar-refractivity contribution in [3.8, 4) is 0 Å². The smallest absolute Gasteiger partial charge is 0.326 e. The van der Waals surface area contributed by atoms with Crippen molar-refractivity contribution in [3.05, 3.63) is 65.2 Å². The van der Waals surface area contributed by atoms with Gasteiger partial charge >= 0.3 is 11.9 Å². The number of carbonyl (C=O) groups is 4. The van der Waals surface area contributed by atoms with Crippen LogP contribution in [-0.2, 0) is 23.9 Å². The minimum atomic E-state index is -0.769. The molecule has 0 radical (unpaired) electrons. The van der Waals surface area contributed by atoms with Crippen molar-refractivity contribution in [2.75, 3.05) is 31.2 Å². The molecule has 0 fully saturated rings. The Morgan fingerprint density at radius 3 is 2.26 bits per heavy atom. The molecule has 0 unspecified atom stereocenters. The van der Waals surface area contributed by atoms with Crippen molar-refractivity contribution < 1.29 is 28.7 Å². The highest BCUT2D eigenvalue weighted by atomic mass is 16.5. The normalized spacial score (nSPS) is 10.2. The second kappa shape index (κ2) is 11.5. The van der Waals surface area contributed by atoms with Crippen molar-refractivity contribution in [1.29, 1.82) is 0 Å². The molecule has 2 aromatic rings. The van der Waals surface area contributed by atoms with E-state index in [1.165, 1.54) is 4.90 Å². The average molecular weight is 426 g/mol. The zero-order valence-electron chi connectivity index (χ0n) is 17.8. The number of nitrogens with one attached hydrogen (secondary N) is 1. The van der Waals surface area contributed by atoms with Gasteiger partial charge in [-0.05, 0) is 56.2 Å². The molecule has 164 valence electrons. The van der Waals surface area contributed by atoms with Gasteiger partial charge < -0.3 is 14.8 Å². The Bertz CT molecular complexity index is 942. The van der Waals surface area contributed by atoms with Gasteiger partial charge in [0.15, 0.2) is 6.61 Å². The van der Waals surface area contributed by atoms with Crippen LogP contribution in [0.4, 0.5) is 5.69 Å². The molecular weight excluding hydrogens is 400 g/mol. The predicted octanol–water partition coefficient (Wildman–Crippen LogP) is 2.17. The molecule has 0 aliphatic rings. The second-order valence-electron chi connectivity index (χ2n) is 6.76. The fraction of sp³-hybridized carbons (Fsp3) is 0.304. The third kappa shape index (κ3) is 7.26. The highest BCUT2D eigenvalue weighted by molar-refractivity contribution is 5.99. The van der Waals surface area contributed by atoms with E-state index in [0.717, 1.165) is 11.1 Å². The van der Waals surface area contributed by atoms with Gasteiger partial charge in [0.25, 0.3) is 11.8 Å². The molecule has 0 aliphatic heterocycles. The number of nitrogens with zero attached hydrogens (tertiary/aromatic N) is 1. The molecule has 0 saturated heterocycles. The van der Waals surface area contributed by atoms with Crippen molar-refractivity contribution in [1.82, 2.24) is 5.32 Å². The first kappa shape index (κ1) is 23.6. The van der Waals surface area contributed by atoms with Crippen LogP contribution >= 0.6 is 0 Å². The van der Waals surface area contributed by atoms with Gasteiger partial charge in [-0.3, -0.25) is 24.1 Å². The number of hydrogen-bond donors (Lipinski definition) is 1. The number of esters is 2. The van der Waals surface area contributed by atoms with E-state index >= 15 is 0 Å². The Balaban J connectivity index is 1.90. The Hall–Kier alpha value is -3.68. The van der Waals surface area contributed by atoms with Crippen LogP contribution in [0.5, 0.6) is 0 Å². The quantitative estimate of drug-likeness (QED) is 0.617. The zero-order chi connectivity index (χ0) is 22.8. The number of amides is 2. The van der Waals surface area contributed by atoms with Gasteiger partial charge in [0.05, 0.1) is 6.61 Å². The number of anilines is 1. The molecule has 2 amide bonds. The standard InChI is InChI=1S/C23H26N2O6/c1-4-30-22(28)14-25(19-8-6-5-7-9-19)20(26)15-31-21(27)13-24-23(29)18-11-10-16(2)17(3)12-18/h5-12H,4,13-15H2,1-3H3,(H,24,29). The molecule has 8 heteroatoms. The molecule has 0 aliphatic carbocycles. The summed E-state index contributed by atoms with van der Waals surface area (Å²) in [5.41, 5.74) is 2.92. The van der Waals surface area contributed by atoms with E-state index in [-0.39, 0.29) is 19.7 Å². The number of aryl methyl sites for hydroxylation is 2. The number of rotatable bonds is 9. The average Bonchev–Trinajstić information content (AvgIpc) is 2.76. The lowest BCUT2D eigenvalue weighted by atomic mass is 10.1. The fourth-order valence-electron chi connectivity index (χ4n) is 2.68. The van der Waals surface area contributed by atoms with Crippen LogP contribution in [0.25, 0.3) is 0 Å². The molecule has 0 bridgehead atoms. The van der Waals surface area contributed by atoms with Gasteiger partial charge in [-0.15, -0.1) is 0 Å². The van der Waals surface area contributed by atoms with E-state index < -0.39 is 30.4 Å². The Kier molecular flexibility index (Phi) is 8.75. The summed E-state index contributed by atoms with van der Waals surface area (Å²) < 4.78 is 9.88. The fourth-order valence-corrected chi connectivity index (χ4v) is 2.68. The summed E-state index contributed by atoms with van der Waals surface area (Å²) in [6.45, 7) is 4.41. The molecule has 1 N–H and O–H groups in total. The second-order valence-corrected chi connectivity index (χ2v) is 6.76. The minimum absolute atomic E-state index is 0.185.